The minimum absolute atomic E-state index is 0.0800. The Hall–Kier alpha value is -1.43. The molecule has 1 saturated heterocycles. The number of nitrogens with zero attached hydrogens (tertiary/aromatic N) is 2. The number of morpholine rings is 1. The lowest BCUT2D eigenvalue weighted by Crippen LogP contribution is -3.16. The zero-order chi connectivity index (χ0) is 13.5. The normalized spacial score (nSPS) is 30.4. The zero-order valence-corrected chi connectivity index (χ0v) is 11.7. The highest BCUT2D eigenvalue weighted by Crippen LogP contribution is 2.31. The largest absolute Gasteiger partial charge is 0.369 e. The number of benzene rings is 1. The van der Waals surface area contributed by atoms with Gasteiger partial charge in [-0.2, -0.15) is 5.10 Å². The summed E-state index contributed by atoms with van der Waals surface area (Å²) in [5.74, 6) is 0. The summed E-state index contributed by atoms with van der Waals surface area (Å²) in [5.41, 5.74) is 2.29. The summed E-state index contributed by atoms with van der Waals surface area (Å²) in [5, 5.41) is 5.93. The van der Waals surface area contributed by atoms with E-state index in [-0.39, 0.29) is 6.10 Å². The van der Waals surface area contributed by atoms with E-state index in [9.17, 15) is 0 Å². The van der Waals surface area contributed by atoms with Crippen molar-refractivity contribution in [3.8, 4) is 0 Å². The third-order valence-corrected chi connectivity index (χ3v) is 4.49. The summed E-state index contributed by atoms with van der Waals surface area (Å²) in [6, 6.07) is 8.69. The molecule has 0 saturated carbocycles. The molecule has 0 spiro atoms. The molecule has 1 unspecified atom stereocenters. The molecule has 1 aromatic carbocycles. The molecule has 5 heteroatoms. The van der Waals surface area contributed by atoms with Crippen LogP contribution in [0.3, 0.4) is 0 Å². The number of quaternary nitrogens is 1. The van der Waals surface area contributed by atoms with E-state index in [1.165, 1.54) is 16.0 Å². The van der Waals surface area contributed by atoms with Crippen LogP contribution in [-0.2, 0) is 16.0 Å². The molecule has 1 N–H and O–H groups in total. The molecule has 3 heterocycles. The Morgan fingerprint density at radius 2 is 2.20 bits per heavy atom. The molecule has 0 bridgehead atoms. The molecule has 0 aliphatic carbocycles. The lowest BCUT2D eigenvalue weighted by molar-refractivity contribution is -0.919. The van der Waals surface area contributed by atoms with Crippen molar-refractivity contribution in [1.29, 1.82) is 0 Å². The maximum atomic E-state index is 6.12. The predicted molar refractivity (Wildman–Crippen MR) is 74.8 cm³/mol. The fraction of sp³-hybridized carbons (Fsp3) is 0.533. The van der Waals surface area contributed by atoms with Crippen molar-refractivity contribution in [3.63, 3.8) is 0 Å². The molecule has 1 fully saturated rings. The number of nitrogens with one attached hydrogen (secondary N) is 1. The van der Waals surface area contributed by atoms with Gasteiger partial charge in [-0.25, -0.2) is 0 Å². The summed E-state index contributed by atoms with van der Waals surface area (Å²) < 4.78 is 13.9. The van der Waals surface area contributed by atoms with Gasteiger partial charge in [0.05, 0.1) is 38.0 Å². The molecule has 2 aliphatic rings. The minimum atomic E-state index is 0.0800. The molecule has 0 amide bonds. The number of rotatable bonds is 1. The molecule has 20 heavy (non-hydrogen) atoms. The van der Waals surface area contributed by atoms with Crippen LogP contribution >= 0.6 is 0 Å². The number of ether oxygens (including phenoxy) is 2. The Kier molecular flexibility index (Phi) is 2.98. The Bertz CT molecular complexity index is 625. The standard InChI is InChI=1S/C15H19N3O2/c1-17-6-8-19-10-13(17)15-14-11-4-2-3-5-12(11)16-18(14)7-9-20-15/h2-5,13,15H,6-10H2,1H3/p+1/t13-,15-/m0/s1. The monoisotopic (exact) mass is 274 g/mol. The molecule has 0 radical (unpaired) electrons. The fourth-order valence-corrected chi connectivity index (χ4v) is 3.34. The van der Waals surface area contributed by atoms with E-state index < -0.39 is 0 Å². The second kappa shape index (κ2) is 4.84. The van der Waals surface area contributed by atoms with Gasteiger partial charge in [0.25, 0.3) is 0 Å². The molecule has 4 rings (SSSR count). The van der Waals surface area contributed by atoms with Gasteiger partial charge in [-0.3, -0.25) is 4.68 Å². The lowest BCUT2D eigenvalue weighted by atomic mass is 10.0. The average Bonchev–Trinajstić information content (AvgIpc) is 2.86. The van der Waals surface area contributed by atoms with Crippen LogP contribution in [0.5, 0.6) is 0 Å². The Morgan fingerprint density at radius 1 is 1.30 bits per heavy atom. The van der Waals surface area contributed by atoms with Crippen molar-refractivity contribution in [2.24, 2.45) is 0 Å². The topological polar surface area (TPSA) is 40.7 Å². The number of fused-ring (bicyclic) bond motifs is 3. The molecule has 1 aromatic heterocycles. The van der Waals surface area contributed by atoms with Gasteiger partial charge in [0.15, 0.2) is 6.10 Å². The molecule has 3 atom stereocenters. The van der Waals surface area contributed by atoms with Gasteiger partial charge < -0.3 is 14.4 Å². The van der Waals surface area contributed by atoms with Gasteiger partial charge in [0.2, 0.25) is 0 Å². The maximum absolute atomic E-state index is 6.12. The zero-order valence-electron chi connectivity index (χ0n) is 11.7. The second-order valence-electron chi connectivity index (χ2n) is 5.69. The van der Waals surface area contributed by atoms with Crippen LogP contribution in [0.15, 0.2) is 24.3 Å². The first-order chi connectivity index (χ1) is 9.84. The van der Waals surface area contributed by atoms with E-state index in [4.69, 9.17) is 14.6 Å². The quantitative estimate of drug-likeness (QED) is 0.797. The SMILES string of the molecule is C[NH+]1CCOC[C@H]1[C@@H]1OCCn2nc3ccccc3c21. The van der Waals surface area contributed by atoms with Gasteiger partial charge in [-0.05, 0) is 6.07 Å². The van der Waals surface area contributed by atoms with E-state index >= 15 is 0 Å². The van der Waals surface area contributed by atoms with Crippen LogP contribution in [0.2, 0.25) is 0 Å². The van der Waals surface area contributed by atoms with E-state index in [1.54, 1.807) is 0 Å². The molecule has 2 aliphatic heterocycles. The summed E-state index contributed by atoms with van der Waals surface area (Å²) in [6.07, 6.45) is 0.0800. The van der Waals surface area contributed by atoms with Gasteiger partial charge in [-0.1, -0.05) is 18.2 Å². The first kappa shape index (κ1) is 12.3. The van der Waals surface area contributed by atoms with Crippen molar-refractivity contribution in [2.45, 2.75) is 18.7 Å². The highest BCUT2D eigenvalue weighted by Gasteiger charge is 2.38. The Labute approximate surface area is 118 Å². The smallest absolute Gasteiger partial charge is 0.154 e. The van der Waals surface area contributed by atoms with Gasteiger partial charge in [0, 0.05) is 5.39 Å². The number of hydrogen-bond donors (Lipinski definition) is 1. The summed E-state index contributed by atoms with van der Waals surface area (Å²) in [4.78, 5) is 1.49. The fourth-order valence-electron chi connectivity index (χ4n) is 3.34. The van der Waals surface area contributed by atoms with Crippen molar-refractivity contribution in [1.82, 2.24) is 9.78 Å². The van der Waals surface area contributed by atoms with Crippen LogP contribution < -0.4 is 4.90 Å². The first-order valence-electron chi connectivity index (χ1n) is 7.32. The molecule has 2 aromatic rings. The van der Waals surface area contributed by atoms with Crippen molar-refractivity contribution < 1.29 is 14.4 Å². The van der Waals surface area contributed by atoms with Crippen molar-refractivity contribution in [3.05, 3.63) is 30.0 Å². The van der Waals surface area contributed by atoms with Gasteiger partial charge in [-0.15, -0.1) is 0 Å². The lowest BCUT2D eigenvalue weighted by Gasteiger charge is -2.36. The van der Waals surface area contributed by atoms with Gasteiger partial charge in [0.1, 0.15) is 19.2 Å². The molecule has 106 valence electrons. The highest BCUT2D eigenvalue weighted by atomic mass is 16.5. The number of likely N-dealkylation sites (N-methyl/N-ethyl adjacent to an activating group) is 1. The molecular formula is C15H20N3O2+. The average molecular weight is 274 g/mol. The van der Waals surface area contributed by atoms with Crippen LogP contribution in [0.25, 0.3) is 10.9 Å². The van der Waals surface area contributed by atoms with Crippen LogP contribution in [0, 0.1) is 0 Å². The summed E-state index contributed by atoms with van der Waals surface area (Å²) in [7, 11) is 2.23. The Morgan fingerprint density at radius 3 is 3.10 bits per heavy atom. The van der Waals surface area contributed by atoms with Crippen molar-refractivity contribution in [2.75, 3.05) is 33.4 Å². The van der Waals surface area contributed by atoms with E-state index in [0.29, 0.717) is 6.04 Å². The molecular weight excluding hydrogens is 254 g/mol. The number of hydrogen-bond acceptors (Lipinski definition) is 3. The first-order valence-corrected chi connectivity index (χ1v) is 7.32. The summed E-state index contributed by atoms with van der Waals surface area (Å²) >= 11 is 0. The van der Waals surface area contributed by atoms with Crippen molar-refractivity contribution >= 4 is 10.9 Å². The molecule has 5 nitrogen and oxygen atoms in total. The third kappa shape index (κ3) is 1.85. The second-order valence-corrected chi connectivity index (χ2v) is 5.69. The predicted octanol–water partition coefficient (Wildman–Crippen LogP) is 0.0211. The third-order valence-electron chi connectivity index (χ3n) is 4.49. The van der Waals surface area contributed by atoms with E-state index in [1.807, 2.05) is 6.07 Å². The van der Waals surface area contributed by atoms with Gasteiger partial charge >= 0.3 is 0 Å². The maximum Gasteiger partial charge on any atom is 0.154 e. The Balaban J connectivity index is 1.80. The van der Waals surface area contributed by atoms with Crippen LogP contribution in [0.1, 0.15) is 11.8 Å². The van der Waals surface area contributed by atoms with E-state index in [0.717, 1.165) is 38.4 Å². The number of aromatic nitrogens is 2. The summed E-state index contributed by atoms with van der Waals surface area (Å²) in [6.45, 7) is 4.21. The minimum Gasteiger partial charge on any atom is -0.369 e. The van der Waals surface area contributed by atoms with Crippen LogP contribution in [0.4, 0.5) is 0 Å². The van der Waals surface area contributed by atoms with E-state index in [2.05, 4.69) is 29.9 Å². The highest BCUT2D eigenvalue weighted by molar-refractivity contribution is 5.82. The van der Waals surface area contributed by atoms with Crippen LogP contribution in [-0.4, -0.2) is 49.2 Å².